The van der Waals surface area contributed by atoms with Crippen molar-refractivity contribution in [3.63, 3.8) is 0 Å². The van der Waals surface area contributed by atoms with E-state index in [-0.39, 0.29) is 23.1 Å². The van der Waals surface area contributed by atoms with Crippen LogP contribution in [0.25, 0.3) is 11.4 Å². The molecule has 1 aliphatic rings. The Morgan fingerprint density at radius 1 is 1.21 bits per heavy atom. The van der Waals surface area contributed by atoms with Crippen LogP contribution in [0.4, 0.5) is 0 Å². The normalized spacial score (nSPS) is 15.4. The summed E-state index contributed by atoms with van der Waals surface area (Å²) in [5.41, 5.74) is 3.37. The minimum Gasteiger partial charge on any atom is -0.493 e. The van der Waals surface area contributed by atoms with Crippen molar-refractivity contribution >= 4 is 17.7 Å². The molecular formula is C26H30N4O2S. The van der Waals surface area contributed by atoms with E-state index in [1.807, 2.05) is 34.9 Å². The molecule has 1 unspecified atom stereocenters. The molecule has 2 aromatic carbocycles. The van der Waals surface area contributed by atoms with Gasteiger partial charge in [-0.15, -0.1) is 16.8 Å². The van der Waals surface area contributed by atoms with Gasteiger partial charge < -0.3 is 10.1 Å². The monoisotopic (exact) mass is 462 g/mol. The lowest BCUT2D eigenvalue weighted by Crippen LogP contribution is -2.33. The fourth-order valence-corrected chi connectivity index (χ4v) is 4.64. The number of benzene rings is 2. The number of amides is 1. The number of para-hydroxylation sites is 1. The van der Waals surface area contributed by atoms with Gasteiger partial charge in [-0.25, -0.2) is 0 Å². The van der Waals surface area contributed by atoms with Crippen molar-refractivity contribution in [1.29, 1.82) is 0 Å². The lowest BCUT2D eigenvalue weighted by Gasteiger charge is -2.26. The number of nitrogens with zero attached hydrogens (tertiary/aromatic N) is 3. The van der Waals surface area contributed by atoms with Crippen molar-refractivity contribution < 1.29 is 9.53 Å². The Balaban J connectivity index is 1.45. The van der Waals surface area contributed by atoms with E-state index in [1.54, 1.807) is 0 Å². The largest absolute Gasteiger partial charge is 0.493 e. The predicted octanol–water partition coefficient (Wildman–Crippen LogP) is 5.16. The van der Waals surface area contributed by atoms with Crippen LogP contribution in [0.3, 0.4) is 0 Å². The van der Waals surface area contributed by atoms with Crippen molar-refractivity contribution in [1.82, 2.24) is 20.1 Å². The summed E-state index contributed by atoms with van der Waals surface area (Å²) < 4.78 is 7.69. The quantitative estimate of drug-likeness (QED) is 0.388. The average Bonchev–Trinajstić information content (AvgIpc) is 3.20. The number of allylic oxidation sites excluding steroid dienone is 1. The maximum absolute atomic E-state index is 12.7. The van der Waals surface area contributed by atoms with Crippen LogP contribution in [0.5, 0.6) is 5.75 Å². The predicted molar refractivity (Wildman–Crippen MR) is 133 cm³/mol. The summed E-state index contributed by atoms with van der Waals surface area (Å²) in [6, 6.07) is 16.2. The maximum atomic E-state index is 12.7. The Morgan fingerprint density at radius 2 is 1.97 bits per heavy atom. The molecular weight excluding hydrogens is 432 g/mol. The number of carbonyl (C=O) groups excluding carboxylic acids is 1. The van der Waals surface area contributed by atoms with Crippen molar-refractivity contribution in [3.8, 4) is 17.1 Å². The van der Waals surface area contributed by atoms with Gasteiger partial charge in [-0.1, -0.05) is 81.1 Å². The van der Waals surface area contributed by atoms with Crippen LogP contribution in [0.15, 0.2) is 66.3 Å². The molecule has 0 radical (unpaired) electrons. The van der Waals surface area contributed by atoms with Gasteiger partial charge in [0.2, 0.25) is 5.91 Å². The van der Waals surface area contributed by atoms with E-state index in [0.717, 1.165) is 29.1 Å². The van der Waals surface area contributed by atoms with Crippen molar-refractivity contribution in [2.45, 2.75) is 50.4 Å². The molecule has 0 saturated heterocycles. The molecule has 7 heteroatoms. The fourth-order valence-electron chi connectivity index (χ4n) is 3.88. The van der Waals surface area contributed by atoms with E-state index in [9.17, 15) is 4.79 Å². The summed E-state index contributed by atoms with van der Waals surface area (Å²) >= 11 is 1.39. The Labute approximate surface area is 199 Å². The van der Waals surface area contributed by atoms with Crippen molar-refractivity contribution in [2.24, 2.45) is 0 Å². The van der Waals surface area contributed by atoms with Crippen molar-refractivity contribution in [2.75, 3.05) is 12.4 Å². The van der Waals surface area contributed by atoms with E-state index in [0.29, 0.717) is 18.3 Å². The summed E-state index contributed by atoms with van der Waals surface area (Å²) in [5.74, 6) is 1.84. The highest BCUT2D eigenvalue weighted by Crippen LogP contribution is 2.32. The first kappa shape index (κ1) is 23.1. The van der Waals surface area contributed by atoms with Crippen LogP contribution in [0.2, 0.25) is 0 Å². The van der Waals surface area contributed by atoms with Gasteiger partial charge in [0.25, 0.3) is 0 Å². The first-order chi connectivity index (χ1) is 15.9. The van der Waals surface area contributed by atoms with Crippen LogP contribution >= 0.6 is 11.8 Å². The highest BCUT2D eigenvalue weighted by atomic mass is 32.2. The molecule has 1 amide bonds. The molecule has 1 N–H and O–H groups in total. The number of nitrogens with one attached hydrogen (secondary N) is 1. The molecule has 3 aromatic rings. The van der Waals surface area contributed by atoms with Crippen molar-refractivity contribution in [3.05, 3.63) is 72.3 Å². The number of aromatic nitrogens is 3. The smallest absolute Gasteiger partial charge is 0.230 e. The van der Waals surface area contributed by atoms with Gasteiger partial charge in [-0.3, -0.25) is 9.36 Å². The van der Waals surface area contributed by atoms with Gasteiger partial charge >= 0.3 is 0 Å². The molecule has 2 heterocycles. The second kappa shape index (κ2) is 9.83. The fraction of sp³-hybridized carbons (Fsp3) is 0.346. The number of rotatable bonds is 7. The van der Waals surface area contributed by atoms with E-state index >= 15 is 0 Å². The number of hydrogen-bond acceptors (Lipinski definition) is 5. The molecule has 1 aromatic heterocycles. The third-order valence-electron chi connectivity index (χ3n) is 5.66. The van der Waals surface area contributed by atoms with Gasteiger partial charge in [-0.05, 0) is 17.0 Å². The molecule has 4 rings (SSSR count). The molecule has 6 nitrogen and oxygen atoms in total. The van der Waals surface area contributed by atoms with E-state index in [1.165, 1.54) is 17.3 Å². The van der Waals surface area contributed by atoms with Crippen LogP contribution in [0, 0.1) is 0 Å². The minimum absolute atomic E-state index is 0.0361. The van der Waals surface area contributed by atoms with Gasteiger partial charge in [0.15, 0.2) is 11.0 Å². The maximum Gasteiger partial charge on any atom is 0.230 e. The molecule has 0 fully saturated rings. The third kappa shape index (κ3) is 5.30. The van der Waals surface area contributed by atoms with Gasteiger partial charge in [0.1, 0.15) is 5.75 Å². The summed E-state index contributed by atoms with van der Waals surface area (Å²) in [4.78, 5) is 12.7. The molecule has 0 saturated carbocycles. The molecule has 172 valence electrons. The average molecular weight is 463 g/mol. The lowest BCUT2D eigenvalue weighted by molar-refractivity contribution is -0.119. The molecule has 33 heavy (non-hydrogen) atoms. The third-order valence-corrected chi connectivity index (χ3v) is 6.63. The lowest BCUT2D eigenvalue weighted by atomic mass is 9.87. The van der Waals surface area contributed by atoms with Crippen LogP contribution < -0.4 is 10.1 Å². The first-order valence-corrected chi connectivity index (χ1v) is 12.1. The molecule has 0 bridgehead atoms. The highest BCUT2D eigenvalue weighted by molar-refractivity contribution is 7.99. The zero-order chi connectivity index (χ0) is 23.4. The number of fused-ring (bicyclic) bond motifs is 1. The standard InChI is InChI=1S/C26H30N4O2S/c1-5-15-30-24(18-10-12-19(13-11-18)26(2,3)4)28-29-25(30)33-17-23(31)27-21-14-16-32-22-9-7-6-8-20(21)22/h5-13,21H,1,14-17H2,2-4H3,(H,27,31). The van der Waals surface area contributed by atoms with E-state index < -0.39 is 0 Å². The van der Waals surface area contributed by atoms with Crippen LogP contribution in [-0.2, 0) is 16.8 Å². The second-order valence-corrected chi connectivity index (χ2v) is 10.1. The summed E-state index contributed by atoms with van der Waals surface area (Å²) in [7, 11) is 0. The number of carbonyl (C=O) groups is 1. The minimum atomic E-state index is -0.0362. The van der Waals surface area contributed by atoms with Crippen LogP contribution in [-0.4, -0.2) is 33.0 Å². The van der Waals surface area contributed by atoms with Gasteiger partial charge in [0, 0.05) is 24.1 Å². The topological polar surface area (TPSA) is 69.0 Å². The SMILES string of the molecule is C=CCn1c(SCC(=O)NC2CCOc3ccccc32)nnc1-c1ccc(C(C)(C)C)cc1. The number of ether oxygens (including phenoxy) is 1. The zero-order valence-corrected chi connectivity index (χ0v) is 20.2. The van der Waals surface area contributed by atoms with Gasteiger partial charge in [0.05, 0.1) is 18.4 Å². The summed E-state index contributed by atoms with van der Waals surface area (Å²) in [6.07, 6.45) is 2.58. The summed E-state index contributed by atoms with van der Waals surface area (Å²) in [5, 5.41) is 12.6. The summed E-state index contributed by atoms with van der Waals surface area (Å²) in [6.45, 7) is 11.6. The molecule has 1 aliphatic heterocycles. The Bertz CT molecular complexity index is 1130. The van der Waals surface area contributed by atoms with Crippen LogP contribution in [0.1, 0.15) is 44.4 Å². The highest BCUT2D eigenvalue weighted by Gasteiger charge is 2.23. The van der Waals surface area contributed by atoms with Gasteiger partial charge in [-0.2, -0.15) is 0 Å². The Morgan fingerprint density at radius 3 is 2.70 bits per heavy atom. The second-order valence-electron chi connectivity index (χ2n) is 9.12. The number of hydrogen-bond donors (Lipinski definition) is 1. The first-order valence-electron chi connectivity index (χ1n) is 11.2. The molecule has 1 atom stereocenters. The molecule has 0 spiro atoms. The zero-order valence-electron chi connectivity index (χ0n) is 19.4. The molecule has 0 aliphatic carbocycles. The number of thioether (sulfide) groups is 1. The Hall–Kier alpha value is -3.06. The van der Waals surface area contributed by atoms with E-state index in [4.69, 9.17) is 4.74 Å². The van der Waals surface area contributed by atoms with E-state index in [2.05, 4.69) is 67.1 Å². The Kier molecular flexibility index (Phi) is 6.88.